The van der Waals surface area contributed by atoms with Crippen molar-refractivity contribution in [2.24, 2.45) is 0 Å². The van der Waals surface area contributed by atoms with Crippen molar-refractivity contribution in [1.29, 1.82) is 0 Å². The maximum absolute atomic E-state index is 11.9. The molecule has 0 unspecified atom stereocenters. The van der Waals surface area contributed by atoms with Crippen molar-refractivity contribution in [2.45, 2.75) is 25.2 Å². The van der Waals surface area contributed by atoms with Crippen molar-refractivity contribution < 1.29 is 13.2 Å². The van der Waals surface area contributed by atoms with Gasteiger partial charge in [0.2, 0.25) is 5.91 Å². The lowest BCUT2D eigenvalue weighted by molar-refractivity contribution is -0.117. The molecule has 1 rings (SSSR count). The summed E-state index contributed by atoms with van der Waals surface area (Å²) < 4.78 is 23.9. The highest BCUT2D eigenvalue weighted by Gasteiger charge is 2.14. The molecule has 0 aliphatic rings. The minimum absolute atomic E-state index is 0.0951. The molecule has 5 heteroatoms. The summed E-state index contributed by atoms with van der Waals surface area (Å²) in [4.78, 5) is 11.9. The molecule has 104 valence electrons. The van der Waals surface area contributed by atoms with Crippen LogP contribution < -0.4 is 5.32 Å². The smallest absolute Gasteiger partial charge is 0.246 e. The van der Waals surface area contributed by atoms with Gasteiger partial charge < -0.3 is 5.32 Å². The van der Waals surface area contributed by atoms with Gasteiger partial charge in [0, 0.05) is 12.1 Å². The predicted molar refractivity (Wildman–Crippen MR) is 75.6 cm³/mol. The second-order valence-corrected chi connectivity index (χ2v) is 6.29. The molecule has 1 aromatic rings. The predicted octanol–water partition coefficient (Wildman–Crippen LogP) is 1.93. The number of carbonyl (C=O) groups is 1. The minimum atomic E-state index is -3.33. The van der Waals surface area contributed by atoms with E-state index in [-0.39, 0.29) is 23.1 Å². The third-order valence-corrected chi connectivity index (χ3v) is 4.36. The first-order valence-electron chi connectivity index (χ1n) is 6.20. The van der Waals surface area contributed by atoms with Gasteiger partial charge in [-0.1, -0.05) is 31.2 Å². The van der Waals surface area contributed by atoms with Crippen LogP contribution in [0.25, 0.3) is 0 Å². The number of carbonyl (C=O) groups excluding carboxylic acids is 1. The lowest BCUT2D eigenvalue weighted by Gasteiger charge is -2.06. The molecule has 4 nitrogen and oxygen atoms in total. The Morgan fingerprint density at radius 2 is 1.89 bits per heavy atom. The van der Waals surface area contributed by atoms with Crippen LogP contribution >= 0.6 is 0 Å². The second kappa shape index (κ2) is 7.09. The summed E-state index contributed by atoms with van der Waals surface area (Å²) in [6.07, 6.45) is 2.59. The number of allylic oxidation sites excluding steroid dienone is 1. The van der Waals surface area contributed by atoms with Gasteiger partial charge in [-0.05, 0) is 25.5 Å². The molecular weight excluding hydrogens is 262 g/mol. The van der Waals surface area contributed by atoms with Gasteiger partial charge >= 0.3 is 0 Å². The molecule has 0 aliphatic carbocycles. The van der Waals surface area contributed by atoms with Crippen LogP contribution in [0.2, 0.25) is 0 Å². The fourth-order valence-electron chi connectivity index (χ4n) is 1.58. The summed E-state index contributed by atoms with van der Waals surface area (Å²) in [5.41, 5.74) is 0.611. The highest BCUT2D eigenvalue weighted by Crippen LogP contribution is 2.09. The van der Waals surface area contributed by atoms with E-state index in [2.05, 4.69) is 5.32 Å². The van der Waals surface area contributed by atoms with E-state index in [0.29, 0.717) is 5.57 Å². The van der Waals surface area contributed by atoms with Crippen LogP contribution in [0, 0.1) is 0 Å². The minimum Gasteiger partial charge on any atom is -0.351 e. The van der Waals surface area contributed by atoms with Gasteiger partial charge in [0.15, 0.2) is 9.84 Å². The zero-order valence-electron chi connectivity index (χ0n) is 11.2. The summed E-state index contributed by atoms with van der Waals surface area (Å²) >= 11 is 0. The summed E-state index contributed by atoms with van der Waals surface area (Å²) in [5.74, 6) is -0.313. The summed E-state index contributed by atoms with van der Waals surface area (Å²) in [6, 6.07) is 8.23. The Hall–Kier alpha value is -1.62. The Labute approximate surface area is 114 Å². The van der Waals surface area contributed by atoms with E-state index in [9.17, 15) is 13.2 Å². The largest absolute Gasteiger partial charge is 0.351 e. The van der Waals surface area contributed by atoms with Crippen LogP contribution in [0.4, 0.5) is 0 Å². The topological polar surface area (TPSA) is 63.2 Å². The average Bonchev–Trinajstić information content (AvgIpc) is 2.39. The molecule has 0 spiro atoms. The first-order valence-corrected chi connectivity index (χ1v) is 7.85. The quantitative estimate of drug-likeness (QED) is 0.810. The summed E-state index contributed by atoms with van der Waals surface area (Å²) in [6.45, 7) is 3.77. The van der Waals surface area contributed by atoms with E-state index >= 15 is 0 Å². The number of hydrogen-bond donors (Lipinski definition) is 1. The van der Waals surface area contributed by atoms with Crippen LogP contribution in [0.1, 0.15) is 20.3 Å². The van der Waals surface area contributed by atoms with Gasteiger partial charge in [0.1, 0.15) is 0 Å². The fraction of sp³-hybridized carbons (Fsp3) is 0.357. The molecule has 0 atom stereocenters. The Kier molecular flexibility index (Phi) is 5.76. The second-order valence-electron chi connectivity index (χ2n) is 4.18. The molecule has 1 N–H and O–H groups in total. The van der Waals surface area contributed by atoms with Gasteiger partial charge in [0.05, 0.1) is 10.6 Å². The van der Waals surface area contributed by atoms with Gasteiger partial charge in [-0.2, -0.15) is 0 Å². The van der Waals surface area contributed by atoms with E-state index < -0.39 is 9.84 Å². The Morgan fingerprint density at radius 3 is 2.47 bits per heavy atom. The number of sulfone groups is 1. The van der Waals surface area contributed by atoms with Crippen LogP contribution in [-0.4, -0.2) is 26.6 Å². The van der Waals surface area contributed by atoms with E-state index in [1.165, 1.54) is 0 Å². The lowest BCUT2D eigenvalue weighted by Crippen LogP contribution is -2.29. The maximum Gasteiger partial charge on any atom is 0.246 e. The first-order chi connectivity index (χ1) is 8.97. The van der Waals surface area contributed by atoms with Crippen molar-refractivity contribution in [3.8, 4) is 0 Å². The molecule has 0 saturated carbocycles. The maximum atomic E-state index is 11.9. The zero-order valence-corrected chi connectivity index (χ0v) is 12.0. The van der Waals surface area contributed by atoms with E-state index in [1.54, 1.807) is 43.3 Å². The SMILES string of the molecule is CCC=C(C)C(=O)NCCS(=O)(=O)c1ccccc1. The van der Waals surface area contributed by atoms with Crippen LogP contribution in [0.3, 0.4) is 0 Å². The fourth-order valence-corrected chi connectivity index (χ4v) is 2.76. The van der Waals surface area contributed by atoms with Gasteiger partial charge in [-0.3, -0.25) is 4.79 Å². The molecule has 0 aliphatic heterocycles. The van der Waals surface area contributed by atoms with Crippen LogP contribution in [0.5, 0.6) is 0 Å². The third-order valence-electron chi connectivity index (χ3n) is 2.63. The Bertz CT molecular complexity index is 547. The van der Waals surface area contributed by atoms with Gasteiger partial charge in [0.25, 0.3) is 0 Å². The molecule has 0 radical (unpaired) electrons. The van der Waals surface area contributed by atoms with Crippen molar-refractivity contribution >= 4 is 15.7 Å². The van der Waals surface area contributed by atoms with E-state index in [4.69, 9.17) is 0 Å². The Morgan fingerprint density at radius 1 is 1.26 bits per heavy atom. The summed E-state index contributed by atoms with van der Waals surface area (Å²) in [7, 11) is -3.33. The van der Waals surface area contributed by atoms with Gasteiger partial charge in [-0.25, -0.2) is 8.42 Å². The average molecular weight is 281 g/mol. The third kappa shape index (κ3) is 4.87. The molecule has 1 amide bonds. The molecule has 0 aromatic heterocycles. The number of rotatable bonds is 6. The highest BCUT2D eigenvalue weighted by atomic mass is 32.2. The molecule has 0 fully saturated rings. The molecule has 0 heterocycles. The molecule has 1 aromatic carbocycles. The van der Waals surface area contributed by atoms with E-state index in [0.717, 1.165) is 6.42 Å². The van der Waals surface area contributed by atoms with Crippen molar-refractivity contribution in [2.75, 3.05) is 12.3 Å². The highest BCUT2D eigenvalue weighted by molar-refractivity contribution is 7.91. The summed E-state index contributed by atoms with van der Waals surface area (Å²) in [5, 5.41) is 2.61. The van der Waals surface area contributed by atoms with Crippen molar-refractivity contribution in [3.05, 3.63) is 42.0 Å². The molecule has 0 saturated heterocycles. The van der Waals surface area contributed by atoms with Crippen LogP contribution in [0.15, 0.2) is 46.9 Å². The number of amides is 1. The number of benzene rings is 1. The first kappa shape index (κ1) is 15.4. The molecular formula is C14H19NO3S. The lowest BCUT2D eigenvalue weighted by atomic mass is 10.2. The van der Waals surface area contributed by atoms with Crippen molar-refractivity contribution in [3.63, 3.8) is 0 Å². The Balaban J connectivity index is 2.54. The standard InChI is InChI=1S/C14H19NO3S/c1-3-7-12(2)14(16)15-10-11-19(17,18)13-8-5-4-6-9-13/h4-9H,3,10-11H2,1-2H3,(H,15,16). The molecule has 19 heavy (non-hydrogen) atoms. The monoisotopic (exact) mass is 281 g/mol. The normalized spacial score (nSPS) is 12.2. The van der Waals surface area contributed by atoms with Crippen LogP contribution in [-0.2, 0) is 14.6 Å². The van der Waals surface area contributed by atoms with Gasteiger partial charge in [-0.15, -0.1) is 0 Å². The van der Waals surface area contributed by atoms with Crippen molar-refractivity contribution in [1.82, 2.24) is 5.32 Å². The molecule has 0 bridgehead atoms. The van der Waals surface area contributed by atoms with E-state index in [1.807, 2.05) is 6.92 Å². The number of hydrogen-bond acceptors (Lipinski definition) is 3. The number of nitrogens with one attached hydrogen (secondary N) is 1. The zero-order chi connectivity index (χ0) is 14.3.